The van der Waals surface area contributed by atoms with Gasteiger partial charge in [0.2, 0.25) is 0 Å². The van der Waals surface area contributed by atoms with E-state index in [9.17, 15) is 4.39 Å². The lowest BCUT2D eigenvalue weighted by atomic mass is 10.2. The van der Waals surface area contributed by atoms with Crippen molar-refractivity contribution in [2.45, 2.75) is 13.0 Å². The van der Waals surface area contributed by atoms with Gasteiger partial charge in [-0.15, -0.1) is 0 Å². The third-order valence-electron chi connectivity index (χ3n) is 2.84. The monoisotopic (exact) mass is 275 g/mol. The summed E-state index contributed by atoms with van der Waals surface area (Å²) in [6.07, 6.45) is 2.46. The Balaban J connectivity index is 1.73. The fraction of sp³-hybridized carbons (Fsp3) is 0.267. The lowest BCUT2D eigenvalue weighted by molar-refractivity contribution is 0.507. The number of nitrogens with one attached hydrogen (secondary N) is 2. The Labute approximate surface area is 117 Å². The normalized spacial score (nSPS) is 11.4. The third kappa shape index (κ3) is 4.42. The van der Waals surface area contributed by atoms with Gasteiger partial charge < -0.3 is 15.1 Å². The van der Waals surface area contributed by atoms with Gasteiger partial charge in [-0.3, -0.25) is 4.99 Å². The summed E-state index contributed by atoms with van der Waals surface area (Å²) in [5, 5.41) is 6.37. The topological polar surface area (TPSA) is 49.6 Å². The summed E-state index contributed by atoms with van der Waals surface area (Å²) in [7, 11) is 1.72. The summed E-state index contributed by atoms with van der Waals surface area (Å²) in [6.45, 7) is 1.33. The molecule has 0 spiro atoms. The minimum absolute atomic E-state index is 0.227. The highest BCUT2D eigenvalue weighted by atomic mass is 19.1. The highest BCUT2D eigenvalue weighted by molar-refractivity contribution is 5.79. The van der Waals surface area contributed by atoms with E-state index in [1.807, 2.05) is 12.1 Å². The molecule has 0 saturated carbocycles. The first-order chi connectivity index (χ1) is 9.78. The quantitative estimate of drug-likeness (QED) is 0.650. The molecule has 0 unspecified atom stereocenters. The lowest BCUT2D eigenvalue weighted by Crippen LogP contribution is -2.37. The second-order valence-corrected chi connectivity index (χ2v) is 4.31. The average molecular weight is 275 g/mol. The Morgan fingerprint density at radius 1 is 1.20 bits per heavy atom. The number of furan rings is 1. The maximum atomic E-state index is 12.8. The van der Waals surface area contributed by atoms with E-state index in [1.165, 1.54) is 12.1 Å². The fourth-order valence-corrected chi connectivity index (χ4v) is 1.77. The zero-order chi connectivity index (χ0) is 14.2. The van der Waals surface area contributed by atoms with E-state index in [2.05, 4.69) is 15.6 Å². The summed E-state index contributed by atoms with van der Waals surface area (Å²) in [4.78, 5) is 4.13. The van der Waals surface area contributed by atoms with Crippen LogP contribution in [0.25, 0.3) is 0 Å². The molecular weight excluding hydrogens is 257 g/mol. The number of guanidine groups is 1. The molecule has 0 bridgehead atoms. The van der Waals surface area contributed by atoms with E-state index in [1.54, 1.807) is 25.4 Å². The molecule has 1 aromatic carbocycles. The van der Waals surface area contributed by atoms with Gasteiger partial charge in [-0.05, 0) is 29.8 Å². The Kier molecular flexibility index (Phi) is 5.17. The first kappa shape index (κ1) is 14.1. The van der Waals surface area contributed by atoms with Crippen molar-refractivity contribution in [1.82, 2.24) is 10.6 Å². The summed E-state index contributed by atoms with van der Waals surface area (Å²) >= 11 is 0. The first-order valence-electron chi connectivity index (χ1n) is 6.49. The summed E-state index contributed by atoms with van der Waals surface area (Å²) in [5.41, 5.74) is 1.00. The van der Waals surface area contributed by atoms with Crippen LogP contribution in [0.3, 0.4) is 0 Å². The van der Waals surface area contributed by atoms with Crippen molar-refractivity contribution in [3.8, 4) is 0 Å². The van der Waals surface area contributed by atoms with Crippen LogP contribution >= 0.6 is 0 Å². The van der Waals surface area contributed by atoms with Crippen LogP contribution < -0.4 is 10.6 Å². The van der Waals surface area contributed by atoms with Gasteiger partial charge in [-0.25, -0.2) is 4.39 Å². The molecule has 1 heterocycles. The Morgan fingerprint density at radius 3 is 2.65 bits per heavy atom. The molecule has 20 heavy (non-hydrogen) atoms. The van der Waals surface area contributed by atoms with Crippen LogP contribution in [0.2, 0.25) is 0 Å². The molecule has 2 aromatic rings. The molecule has 0 aliphatic heterocycles. The van der Waals surface area contributed by atoms with Gasteiger partial charge in [-0.2, -0.15) is 0 Å². The van der Waals surface area contributed by atoms with Crippen molar-refractivity contribution < 1.29 is 8.81 Å². The lowest BCUT2D eigenvalue weighted by Gasteiger charge is -2.11. The maximum Gasteiger partial charge on any atom is 0.191 e. The number of hydrogen-bond acceptors (Lipinski definition) is 2. The zero-order valence-corrected chi connectivity index (χ0v) is 11.4. The molecule has 0 amide bonds. The second-order valence-electron chi connectivity index (χ2n) is 4.31. The van der Waals surface area contributed by atoms with Gasteiger partial charge in [0.1, 0.15) is 11.6 Å². The molecule has 5 heteroatoms. The fourth-order valence-electron chi connectivity index (χ4n) is 1.77. The van der Waals surface area contributed by atoms with Crippen molar-refractivity contribution >= 4 is 5.96 Å². The molecule has 2 rings (SSSR count). The van der Waals surface area contributed by atoms with Crippen LogP contribution in [-0.2, 0) is 13.0 Å². The van der Waals surface area contributed by atoms with E-state index in [0.29, 0.717) is 12.5 Å². The van der Waals surface area contributed by atoms with E-state index >= 15 is 0 Å². The standard InChI is InChI=1S/C15H18FN3O/c1-17-15(18-9-8-14-3-2-10-20-14)19-11-12-4-6-13(16)7-5-12/h2-7,10H,8-9,11H2,1H3,(H2,17,18,19). The van der Waals surface area contributed by atoms with Crippen LogP contribution in [-0.4, -0.2) is 19.6 Å². The molecule has 0 saturated heterocycles. The number of benzene rings is 1. The summed E-state index contributed by atoms with van der Waals surface area (Å²) in [5.74, 6) is 1.42. The second kappa shape index (κ2) is 7.33. The molecule has 0 radical (unpaired) electrons. The van der Waals surface area contributed by atoms with E-state index in [4.69, 9.17) is 4.42 Å². The van der Waals surface area contributed by atoms with E-state index in [0.717, 1.165) is 24.3 Å². The Bertz CT molecular complexity index is 535. The number of halogens is 1. The largest absolute Gasteiger partial charge is 0.469 e. The van der Waals surface area contributed by atoms with E-state index in [-0.39, 0.29) is 5.82 Å². The molecule has 0 fully saturated rings. The molecule has 106 valence electrons. The predicted octanol–water partition coefficient (Wildman–Crippen LogP) is 2.33. The van der Waals surface area contributed by atoms with Crippen molar-refractivity contribution in [2.24, 2.45) is 4.99 Å². The molecule has 0 aliphatic rings. The Morgan fingerprint density at radius 2 is 2.00 bits per heavy atom. The zero-order valence-electron chi connectivity index (χ0n) is 11.4. The molecule has 0 atom stereocenters. The highest BCUT2D eigenvalue weighted by Crippen LogP contribution is 2.02. The van der Waals surface area contributed by atoms with Crippen LogP contribution in [0.1, 0.15) is 11.3 Å². The van der Waals surface area contributed by atoms with Gasteiger partial charge in [-0.1, -0.05) is 12.1 Å². The number of hydrogen-bond donors (Lipinski definition) is 2. The smallest absolute Gasteiger partial charge is 0.191 e. The van der Waals surface area contributed by atoms with Gasteiger partial charge in [0.25, 0.3) is 0 Å². The summed E-state index contributed by atoms with van der Waals surface area (Å²) in [6, 6.07) is 10.2. The maximum absolute atomic E-state index is 12.8. The van der Waals surface area contributed by atoms with Crippen LogP contribution in [0.4, 0.5) is 4.39 Å². The average Bonchev–Trinajstić information content (AvgIpc) is 2.97. The minimum Gasteiger partial charge on any atom is -0.469 e. The number of rotatable bonds is 5. The van der Waals surface area contributed by atoms with Gasteiger partial charge in [0.15, 0.2) is 5.96 Å². The molecule has 2 N–H and O–H groups in total. The molecule has 1 aromatic heterocycles. The third-order valence-corrected chi connectivity index (χ3v) is 2.84. The molecular formula is C15H18FN3O. The number of nitrogens with zero attached hydrogens (tertiary/aromatic N) is 1. The van der Waals surface area contributed by atoms with Crippen molar-refractivity contribution in [3.05, 3.63) is 59.8 Å². The predicted molar refractivity (Wildman–Crippen MR) is 77.0 cm³/mol. The van der Waals surface area contributed by atoms with Crippen LogP contribution in [0.15, 0.2) is 52.1 Å². The molecule has 0 aliphatic carbocycles. The minimum atomic E-state index is -0.227. The van der Waals surface area contributed by atoms with Gasteiger partial charge in [0.05, 0.1) is 6.26 Å². The van der Waals surface area contributed by atoms with Crippen LogP contribution in [0, 0.1) is 5.82 Å². The van der Waals surface area contributed by atoms with Gasteiger partial charge >= 0.3 is 0 Å². The Hall–Kier alpha value is -2.30. The SMILES string of the molecule is CN=C(NCCc1ccco1)NCc1ccc(F)cc1. The van der Waals surface area contributed by atoms with Crippen molar-refractivity contribution in [1.29, 1.82) is 0 Å². The number of aliphatic imine (C=N–C) groups is 1. The van der Waals surface area contributed by atoms with Crippen molar-refractivity contribution in [2.75, 3.05) is 13.6 Å². The highest BCUT2D eigenvalue weighted by Gasteiger charge is 2.00. The summed E-state index contributed by atoms with van der Waals surface area (Å²) < 4.78 is 18.0. The van der Waals surface area contributed by atoms with Crippen molar-refractivity contribution in [3.63, 3.8) is 0 Å². The van der Waals surface area contributed by atoms with E-state index < -0.39 is 0 Å². The molecule has 4 nitrogen and oxygen atoms in total. The van der Waals surface area contributed by atoms with Crippen LogP contribution in [0.5, 0.6) is 0 Å². The van der Waals surface area contributed by atoms with Gasteiger partial charge in [0, 0.05) is 26.6 Å². The first-order valence-corrected chi connectivity index (χ1v) is 6.49.